The van der Waals surface area contributed by atoms with E-state index in [4.69, 9.17) is 4.74 Å². The largest absolute Gasteiger partial charge is 0.373 e. The summed E-state index contributed by atoms with van der Waals surface area (Å²) in [6, 6.07) is 0. The number of nitrogens with one attached hydrogen (secondary N) is 1. The van der Waals surface area contributed by atoms with Crippen LogP contribution in [0.3, 0.4) is 0 Å². The zero-order valence-electron chi connectivity index (χ0n) is 9.89. The molecule has 0 saturated heterocycles. The van der Waals surface area contributed by atoms with Crippen LogP contribution in [-0.2, 0) is 4.74 Å². The van der Waals surface area contributed by atoms with Crippen LogP contribution in [0.15, 0.2) is 24.3 Å². The molecule has 2 heteroatoms. The van der Waals surface area contributed by atoms with Crippen LogP contribution in [0.25, 0.3) is 0 Å². The summed E-state index contributed by atoms with van der Waals surface area (Å²) in [6.45, 7) is 14.5. The molecule has 0 bridgehead atoms. The fourth-order valence-corrected chi connectivity index (χ4v) is 0.809. The summed E-state index contributed by atoms with van der Waals surface area (Å²) in [4.78, 5) is 0. The molecule has 0 aromatic heterocycles. The van der Waals surface area contributed by atoms with Gasteiger partial charge in [0.15, 0.2) is 0 Å². The van der Waals surface area contributed by atoms with Gasteiger partial charge in [0.05, 0.1) is 13.2 Å². The predicted octanol–water partition coefficient (Wildman–Crippen LogP) is 2.52. The first-order valence-electron chi connectivity index (χ1n) is 5.06. The summed E-state index contributed by atoms with van der Waals surface area (Å²) in [7, 11) is 0. The molecule has 0 aliphatic heterocycles. The molecule has 0 rings (SSSR count). The second-order valence-electron chi connectivity index (χ2n) is 4.44. The van der Waals surface area contributed by atoms with Gasteiger partial charge in [-0.05, 0) is 33.3 Å². The smallest absolute Gasteiger partial charge is 0.0690 e. The van der Waals surface area contributed by atoms with Gasteiger partial charge in [0, 0.05) is 12.1 Å². The van der Waals surface area contributed by atoms with Gasteiger partial charge in [-0.1, -0.05) is 18.7 Å². The third-order valence-corrected chi connectivity index (χ3v) is 1.62. The predicted molar refractivity (Wildman–Crippen MR) is 62.5 cm³/mol. The van der Waals surface area contributed by atoms with E-state index < -0.39 is 0 Å². The lowest BCUT2D eigenvalue weighted by atomic mass is 10.1. The summed E-state index contributed by atoms with van der Waals surface area (Å²) >= 11 is 0. The van der Waals surface area contributed by atoms with Gasteiger partial charge in [0.2, 0.25) is 0 Å². The summed E-state index contributed by atoms with van der Waals surface area (Å²) in [5.74, 6) is 0. The molecule has 0 atom stereocenters. The van der Waals surface area contributed by atoms with E-state index in [1.807, 2.05) is 19.1 Å². The van der Waals surface area contributed by atoms with Crippen LogP contribution in [0.1, 0.15) is 27.7 Å². The van der Waals surface area contributed by atoms with Crippen LogP contribution < -0.4 is 5.32 Å². The van der Waals surface area contributed by atoms with Crippen LogP contribution in [-0.4, -0.2) is 25.3 Å². The topological polar surface area (TPSA) is 21.3 Å². The first-order valence-corrected chi connectivity index (χ1v) is 5.06. The van der Waals surface area contributed by atoms with E-state index in [9.17, 15) is 0 Å². The molecular weight excluding hydrogens is 174 g/mol. The van der Waals surface area contributed by atoms with Gasteiger partial charge in [-0.3, -0.25) is 0 Å². The zero-order chi connectivity index (χ0) is 11.0. The van der Waals surface area contributed by atoms with Crippen molar-refractivity contribution in [3.63, 3.8) is 0 Å². The Morgan fingerprint density at radius 2 is 2.07 bits per heavy atom. The van der Waals surface area contributed by atoms with Crippen LogP contribution >= 0.6 is 0 Å². The van der Waals surface area contributed by atoms with E-state index >= 15 is 0 Å². The van der Waals surface area contributed by atoms with Gasteiger partial charge in [-0.25, -0.2) is 0 Å². The minimum atomic E-state index is 0.145. The molecule has 0 aromatic rings. The quantitative estimate of drug-likeness (QED) is 0.522. The summed E-state index contributed by atoms with van der Waals surface area (Å²) in [5.41, 5.74) is 1.23. The van der Waals surface area contributed by atoms with Gasteiger partial charge in [0.1, 0.15) is 0 Å². The summed E-state index contributed by atoms with van der Waals surface area (Å²) < 4.78 is 5.37. The van der Waals surface area contributed by atoms with E-state index in [0.717, 1.165) is 12.1 Å². The zero-order valence-corrected chi connectivity index (χ0v) is 9.89. The van der Waals surface area contributed by atoms with Crippen molar-refractivity contribution < 1.29 is 4.74 Å². The maximum absolute atomic E-state index is 5.37. The van der Waals surface area contributed by atoms with Crippen LogP contribution in [0.4, 0.5) is 0 Å². The summed E-state index contributed by atoms with van der Waals surface area (Å²) in [5, 5.41) is 3.36. The molecule has 0 fully saturated rings. The van der Waals surface area contributed by atoms with Gasteiger partial charge in [-0.2, -0.15) is 0 Å². The Hall–Kier alpha value is -0.600. The van der Waals surface area contributed by atoms with Gasteiger partial charge in [-0.15, -0.1) is 0 Å². The fourth-order valence-electron chi connectivity index (χ4n) is 0.809. The second kappa shape index (κ2) is 6.80. The average Bonchev–Trinajstić information content (AvgIpc) is 2.08. The normalized spacial score (nSPS) is 12.3. The molecule has 0 saturated carbocycles. The molecule has 2 nitrogen and oxygen atoms in total. The van der Waals surface area contributed by atoms with Crippen molar-refractivity contribution in [1.82, 2.24) is 5.32 Å². The lowest BCUT2D eigenvalue weighted by Gasteiger charge is -2.21. The van der Waals surface area contributed by atoms with E-state index in [0.29, 0.717) is 13.2 Å². The Balaban J connectivity index is 3.47. The molecular formula is C12H23NO. The summed E-state index contributed by atoms with van der Waals surface area (Å²) in [6.07, 6.45) is 3.97. The molecule has 0 radical (unpaired) electrons. The highest BCUT2D eigenvalue weighted by Crippen LogP contribution is 2.00. The Morgan fingerprint density at radius 3 is 2.57 bits per heavy atom. The molecule has 1 N–H and O–H groups in total. The Morgan fingerprint density at radius 1 is 1.43 bits per heavy atom. The number of ether oxygens (including phenoxy) is 1. The van der Waals surface area contributed by atoms with E-state index in [1.165, 1.54) is 0 Å². The van der Waals surface area contributed by atoms with E-state index in [1.54, 1.807) is 0 Å². The first-order chi connectivity index (χ1) is 6.45. The fraction of sp³-hybridized carbons (Fsp3) is 0.667. The molecule has 0 heterocycles. The Kier molecular flexibility index (Phi) is 6.50. The molecule has 0 aromatic carbocycles. The van der Waals surface area contributed by atoms with Crippen LogP contribution in [0.5, 0.6) is 0 Å². The van der Waals surface area contributed by atoms with Gasteiger partial charge in [0.25, 0.3) is 0 Å². The van der Waals surface area contributed by atoms with Gasteiger partial charge >= 0.3 is 0 Å². The molecule has 82 valence electrons. The van der Waals surface area contributed by atoms with E-state index in [-0.39, 0.29) is 5.54 Å². The van der Waals surface area contributed by atoms with Gasteiger partial charge < -0.3 is 10.1 Å². The standard InChI is InChI=1S/C12H23NO/c1-6-7-8-14-10-11(2)9-13-12(3,4)5/h6-7,13H,2,8-10H2,1,3-5H3/b7-6+. The SMILES string of the molecule is C=C(CNC(C)(C)C)COC/C=C/C. The Bertz CT molecular complexity index is 189. The minimum absolute atomic E-state index is 0.145. The van der Waals surface area contributed by atoms with Crippen molar-refractivity contribution in [1.29, 1.82) is 0 Å². The van der Waals surface area contributed by atoms with E-state index in [2.05, 4.69) is 32.7 Å². The number of allylic oxidation sites excluding steroid dienone is 1. The number of hydrogen-bond acceptors (Lipinski definition) is 2. The highest BCUT2D eigenvalue weighted by molar-refractivity contribution is 4.98. The molecule has 0 unspecified atom stereocenters. The third-order valence-electron chi connectivity index (χ3n) is 1.62. The Labute approximate surface area is 88.0 Å². The second-order valence-corrected chi connectivity index (χ2v) is 4.44. The highest BCUT2D eigenvalue weighted by atomic mass is 16.5. The number of hydrogen-bond donors (Lipinski definition) is 1. The average molecular weight is 197 g/mol. The van der Waals surface area contributed by atoms with Crippen molar-refractivity contribution in [3.05, 3.63) is 24.3 Å². The van der Waals surface area contributed by atoms with Crippen molar-refractivity contribution >= 4 is 0 Å². The molecule has 0 aliphatic carbocycles. The highest BCUT2D eigenvalue weighted by Gasteiger charge is 2.08. The lowest BCUT2D eigenvalue weighted by molar-refractivity contribution is 0.184. The molecule has 0 spiro atoms. The van der Waals surface area contributed by atoms with Crippen LogP contribution in [0.2, 0.25) is 0 Å². The minimum Gasteiger partial charge on any atom is -0.373 e. The number of rotatable bonds is 6. The molecule has 0 aliphatic rings. The van der Waals surface area contributed by atoms with Crippen molar-refractivity contribution in [2.75, 3.05) is 19.8 Å². The van der Waals surface area contributed by atoms with Crippen LogP contribution in [0, 0.1) is 0 Å². The monoisotopic (exact) mass is 197 g/mol. The lowest BCUT2D eigenvalue weighted by Crippen LogP contribution is -2.37. The third kappa shape index (κ3) is 9.49. The first kappa shape index (κ1) is 13.4. The van der Waals surface area contributed by atoms with Crippen molar-refractivity contribution in [2.24, 2.45) is 0 Å². The van der Waals surface area contributed by atoms with Crippen molar-refractivity contribution in [3.8, 4) is 0 Å². The maximum Gasteiger partial charge on any atom is 0.0690 e. The van der Waals surface area contributed by atoms with Crippen molar-refractivity contribution in [2.45, 2.75) is 33.2 Å². The molecule has 0 amide bonds. The maximum atomic E-state index is 5.37. The molecule has 14 heavy (non-hydrogen) atoms.